The molecule has 10 nitrogen and oxygen atoms in total. The quantitative estimate of drug-likeness (QED) is 0.570. The Kier molecular flexibility index (Phi) is 6.01. The Bertz CT molecular complexity index is 1390. The number of carbonyl (C=O) groups excluding carboxylic acids is 1. The molecule has 0 radical (unpaired) electrons. The van der Waals surface area contributed by atoms with Gasteiger partial charge in [-0.3, -0.25) is 4.79 Å². The van der Waals surface area contributed by atoms with Crippen molar-refractivity contribution in [3.05, 3.63) is 53.6 Å². The minimum Gasteiger partial charge on any atom is -0.489 e. The van der Waals surface area contributed by atoms with Crippen LogP contribution < -0.4 is 19.1 Å². The number of carbonyl (C=O) groups is 1. The number of hydrogen-bond acceptors (Lipinski definition) is 7. The summed E-state index contributed by atoms with van der Waals surface area (Å²) in [6.45, 7) is 1.62. The maximum absolute atomic E-state index is 14.9. The standard InChI is InChI=1S/C23H26FN5O5S/c1-27(2)35(31,32)26-23(30)17-14-25-29-8-6-16(13-20(17)29)28-7-3-5-19(28)15-11-18(24)22-21(12-15)33-9-4-10-34-22/h6,8,11-14,19H,3-5,7,9-10H2,1-2H3,(H,26,30). The summed E-state index contributed by atoms with van der Waals surface area (Å²) >= 11 is 0. The van der Waals surface area contributed by atoms with Gasteiger partial charge in [0, 0.05) is 38.9 Å². The summed E-state index contributed by atoms with van der Waals surface area (Å²) in [5.74, 6) is -0.649. The highest BCUT2D eigenvalue weighted by Gasteiger charge is 2.30. The number of nitrogens with zero attached hydrogens (tertiary/aromatic N) is 4. The third-order valence-electron chi connectivity index (χ3n) is 6.25. The number of aromatic nitrogens is 2. The monoisotopic (exact) mass is 503 g/mol. The summed E-state index contributed by atoms with van der Waals surface area (Å²) in [4.78, 5) is 14.9. The highest BCUT2D eigenvalue weighted by molar-refractivity contribution is 7.87. The molecule has 2 aliphatic rings. The second-order valence-corrected chi connectivity index (χ2v) is 10.6. The topological polar surface area (TPSA) is 105 Å². The van der Waals surface area contributed by atoms with Crippen LogP contribution in [0.15, 0.2) is 36.7 Å². The Balaban J connectivity index is 1.47. The van der Waals surface area contributed by atoms with Crippen LogP contribution in [0.1, 0.15) is 41.2 Å². The molecule has 5 rings (SSSR count). The molecule has 12 heteroatoms. The van der Waals surface area contributed by atoms with Gasteiger partial charge in [-0.15, -0.1) is 0 Å². The molecule has 1 fully saturated rings. The van der Waals surface area contributed by atoms with Crippen molar-refractivity contribution in [3.8, 4) is 11.5 Å². The molecule has 186 valence electrons. The lowest BCUT2D eigenvalue weighted by Crippen LogP contribution is -2.39. The number of amides is 1. The van der Waals surface area contributed by atoms with Crippen LogP contribution in [-0.4, -0.2) is 62.1 Å². The van der Waals surface area contributed by atoms with Gasteiger partial charge in [0.15, 0.2) is 17.3 Å². The van der Waals surface area contributed by atoms with Crippen molar-refractivity contribution >= 4 is 27.3 Å². The van der Waals surface area contributed by atoms with Crippen LogP contribution in [0.2, 0.25) is 0 Å². The summed E-state index contributed by atoms with van der Waals surface area (Å²) in [6, 6.07) is 6.91. The average Bonchev–Trinajstić information content (AvgIpc) is 3.40. The number of rotatable bonds is 5. The van der Waals surface area contributed by atoms with E-state index >= 15 is 0 Å². The smallest absolute Gasteiger partial charge is 0.303 e. The summed E-state index contributed by atoms with van der Waals surface area (Å²) in [7, 11) is -1.28. The minimum atomic E-state index is -3.95. The predicted molar refractivity (Wildman–Crippen MR) is 127 cm³/mol. The molecular weight excluding hydrogens is 477 g/mol. The molecule has 0 spiro atoms. The summed E-state index contributed by atoms with van der Waals surface area (Å²) in [5, 5.41) is 4.18. The molecule has 0 saturated carbocycles. The molecule has 2 aromatic heterocycles. The van der Waals surface area contributed by atoms with E-state index < -0.39 is 21.9 Å². The molecule has 0 aliphatic carbocycles. The van der Waals surface area contributed by atoms with E-state index in [0.29, 0.717) is 30.9 Å². The number of fused-ring (bicyclic) bond motifs is 2. The molecule has 1 aromatic carbocycles. The number of pyridine rings is 1. The first-order valence-corrected chi connectivity index (χ1v) is 12.8. The number of anilines is 1. The lowest BCUT2D eigenvalue weighted by Gasteiger charge is -2.28. The van der Waals surface area contributed by atoms with E-state index in [0.717, 1.165) is 34.9 Å². The molecule has 0 bridgehead atoms. The van der Waals surface area contributed by atoms with E-state index in [1.54, 1.807) is 12.3 Å². The molecule has 35 heavy (non-hydrogen) atoms. The molecule has 1 amide bonds. The summed E-state index contributed by atoms with van der Waals surface area (Å²) < 4.78 is 54.8. The molecule has 1 N–H and O–H groups in total. The Hall–Kier alpha value is -3.38. The van der Waals surface area contributed by atoms with Crippen molar-refractivity contribution < 1.29 is 27.1 Å². The van der Waals surface area contributed by atoms with Crippen LogP contribution in [0.25, 0.3) is 5.52 Å². The Morgan fingerprint density at radius 1 is 1.20 bits per heavy atom. The second kappa shape index (κ2) is 9.00. The lowest BCUT2D eigenvalue weighted by molar-refractivity contribution is 0.0981. The van der Waals surface area contributed by atoms with Crippen LogP contribution in [-0.2, 0) is 10.2 Å². The minimum absolute atomic E-state index is 0.0987. The van der Waals surface area contributed by atoms with Crippen molar-refractivity contribution in [2.24, 2.45) is 0 Å². The van der Waals surface area contributed by atoms with Crippen LogP contribution in [0.4, 0.5) is 10.1 Å². The van der Waals surface area contributed by atoms with Crippen molar-refractivity contribution in [3.63, 3.8) is 0 Å². The molecule has 1 saturated heterocycles. The highest BCUT2D eigenvalue weighted by Crippen LogP contribution is 2.41. The fourth-order valence-electron chi connectivity index (χ4n) is 4.45. The van der Waals surface area contributed by atoms with Crippen LogP contribution in [0.3, 0.4) is 0 Å². The maximum atomic E-state index is 14.9. The van der Waals surface area contributed by atoms with E-state index in [-0.39, 0.29) is 17.4 Å². The zero-order valence-electron chi connectivity index (χ0n) is 19.4. The van der Waals surface area contributed by atoms with Gasteiger partial charge in [0.25, 0.3) is 5.91 Å². The van der Waals surface area contributed by atoms with Gasteiger partial charge in [0.05, 0.1) is 36.5 Å². The van der Waals surface area contributed by atoms with Gasteiger partial charge in [-0.05, 0) is 42.7 Å². The highest BCUT2D eigenvalue weighted by atomic mass is 32.2. The van der Waals surface area contributed by atoms with Gasteiger partial charge < -0.3 is 14.4 Å². The van der Waals surface area contributed by atoms with E-state index in [1.807, 2.05) is 16.9 Å². The molecule has 2 aliphatic heterocycles. The van der Waals surface area contributed by atoms with Crippen LogP contribution in [0.5, 0.6) is 11.5 Å². The largest absolute Gasteiger partial charge is 0.489 e. The number of benzene rings is 1. The maximum Gasteiger partial charge on any atom is 0.303 e. The SMILES string of the molecule is CN(C)S(=O)(=O)NC(=O)c1cnn2ccc(N3CCCC3c3cc(F)c4c(c3)OCCCO4)cc12. The van der Waals surface area contributed by atoms with Crippen molar-refractivity contribution in [2.75, 3.05) is 38.8 Å². The fourth-order valence-corrected chi connectivity index (χ4v) is 4.98. The van der Waals surface area contributed by atoms with E-state index in [2.05, 4.69) is 10.00 Å². The molecule has 1 unspecified atom stereocenters. The van der Waals surface area contributed by atoms with E-state index in [4.69, 9.17) is 9.47 Å². The van der Waals surface area contributed by atoms with E-state index in [1.165, 1.54) is 30.9 Å². The predicted octanol–water partition coefficient (Wildman–Crippen LogP) is 2.51. The zero-order valence-corrected chi connectivity index (χ0v) is 20.2. The Labute approximate surface area is 202 Å². The first-order chi connectivity index (χ1) is 16.7. The van der Waals surface area contributed by atoms with Gasteiger partial charge in [-0.25, -0.2) is 13.6 Å². The summed E-state index contributed by atoms with van der Waals surface area (Å²) in [5.41, 5.74) is 2.20. The van der Waals surface area contributed by atoms with Crippen LogP contribution in [0, 0.1) is 5.82 Å². The Morgan fingerprint density at radius 2 is 2.00 bits per heavy atom. The fraction of sp³-hybridized carbons (Fsp3) is 0.391. The third-order valence-corrected chi connectivity index (χ3v) is 7.65. The van der Waals surface area contributed by atoms with E-state index in [9.17, 15) is 17.6 Å². The number of nitrogens with one attached hydrogen (secondary N) is 1. The van der Waals surface area contributed by atoms with Gasteiger partial charge in [-0.1, -0.05) is 0 Å². The first-order valence-electron chi connectivity index (χ1n) is 11.3. The van der Waals surface area contributed by atoms with Gasteiger partial charge in [0.2, 0.25) is 0 Å². The van der Waals surface area contributed by atoms with Crippen molar-refractivity contribution in [1.29, 1.82) is 0 Å². The Morgan fingerprint density at radius 3 is 2.80 bits per heavy atom. The molecule has 4 heterocycles. The number of hydrogen-bond donors (Lipinski definition) is 1. The van der Waals surface area contributed by atoms with Gasteiger partial charge in [0.1, 0.15) is 0 Å². The van der Waals surface area contributed by atoms with Crippen LogP contribution >= 0.6 is 0 Å². The molecule has 3 aromatic rings. The number of ether oxygens (including phenoxy) is 2. The number of halogens is 1. The summed E-state index contributed by atoms with van der Waals surface area (Å²) in [6.07, 6.45) is 5.46. The van der Waals surface area contributed by atoms with Crippen molar-refractivity contribution in [1.82, 2.24) is 18.6 Å². The normalized spacial score (nSPS) is 18.2. The third kappa shape index (κ3) is 4.39. The zero-order chi connectivity index (χ0) is 24.7. The van der Waals surface area contributed by atoms with Gasteiger partial charge >= 0.3 is 10.2 Å². The first kappa shape index (κ1) is 23.4. The molecule has 1 atom stereocenters. The average molecular weight is 504 g/mol. The molecular formula is C23H26FN5O5S. The lowest BCUT2D eigenvalue weighted by atomic mass is 10.0. The van der Waals surface area contributed by atoms with Crippen molar-refractivity contribution in [2.45, 2.75) is 25.3 Å². The van der Waals surface area contributed by atoms with Gasteiger partial charge in [-0.2, -0.15) is 17.8 Å². The second-order valence-electron chi connectivity index (χ2n) is 8.72.